The third-order valence-electron chi connectivity index (χ3n) is 3.19. The smallest absolute Gasteiger partial charge is 0.241 e. The minimum atomic E-state index is -0.629. The van der Waals surface area contributed by atoms with Crippen LogP contribution in [0.2, 0.25) is 0 Å². The lowest BCUT2D eigenvalue weighted by atomic mass is 10.2. The van der Waals surface area contributed by atoms with Crippen molar-refractivity contribution >= 4 is 17.3 Å². The second kappa shape index (κ2) is 6.67. The number of benzene rings is 1. The normalized spacial score (nSPS) is 19.6. The highest BCUT2D eigenvalue weighted by Crippen LogP contribution is 2.20. The zero-order valence-corrected chi connectivity index (χ0v) is 11.5. The van der Waals surface area contributed by atoms with Crippen LogP contribution in [-0.2, 0) is 9.53 Å². The molecule has 1 aromatic carbocycles. The van der Waals surface area contributed by atoms with Crippen LogP contribution in [0.25, 0.3) is 0 Å². The first-order valence-electron chi connectivity index (χ1n) is 6.77. The van der Waals surface area contributed by atoms with Crippen molar-refractivity contribution in [2.75, 3.05) is 23.8 Å². The van der Waals surface area contributed by atoms with Gasteiger partial charge >= 0.3 is 0 Å². The first kappa shape index (κ1) is 14.7. The zero-order valence-electron chi connectivity index (χ0n) is 11.5. The Kier molecular flexibility index (Phi) is 4.92. The molecule has 1 aromatic rings. The maximum Gasteiger partial charge on any atom is 0.241 e. The number of nitrogens with two attached hydrogens (primary N) is 1. The summed E-state index contributed by atoms with van der Waals surface area (Å²) in [6.45, 7) is 2.93. The van der Waals surface area contributed by atoms with Crippen LogP contribution in [-0.4, -0.2) is 31.2 Å². The van der Waals surface area contributed by atoms with Crippen LogP contribution in [0.4, 0.5) is 15.8 Å². The van der Waals surface area contributed by atoms with Crippen molar-refractivity contribution in [2.45, 2.75) is 31.9 Å². The third kappa shape index (κ3) is 3.91. The molecule has 0 bridgehead atoms. The minimum Gasteiger partial charge on any atom is -0.380 e. The highest BCUT2D eigenvalue weighted by molar-refractivity contribution is 5.94. The molecule has 1 saturated heterocycles. The van der Waals surface area contributed by atoms with E-state index in [0.717, 1.165) is 19.4 Å². The molecule has 1 unspecified atom stereocenters. The van der Waals surface area contributed by atoms with E-state index >= 15 is 0 Å². The molecule has 0 saturated carbocycles. The van der Waals surface area contributed by atoms with Crippen molar-refractivity contribution in [1.82, 2.24) is 0 Å². The molecule has 0 aromatic heterocycles. The predicted molar refractivity (Wildman–Crippen MR) is 76.1 cm³/mol. The zero-order chi connectivity index (χ0) is 14.5. The fraction of sp³-hybridized carbons (Fsp3) is 0.500. The van der Waals surface area contributed by atoms with E-state index in [1.807, 2.05) is 0 Å². The van der Waals surface area contributed by atoms with E-state index in [4.69, 9.17) is 10.5 Å². The van der Waals surface area contributed by atoms with Crippen molar-refractivity contribution in [3.63, 3.8) is 0 Å². The Bertz CT molecular complexity index is 473. The molecular formula is C14H20FN3O2. The topological polar surface area (TPSA) is 76.4 Å². The molecule has 0 aliphatic carbocycles. The van der Waals surface area contributed by atoms with Crippen molar-refractivity contribution < 1.29 is 13.9 Å². The van der Waals surface area contributed by atoms with Gasteiger partial charge in [-0.2, -0.15) is 0 Å². The van der Waals surface area contributed by atoms with Gasteiger partial charge in [0, 0.05) is 18.8 Å². The number of halogens is 1. The monoisotopic (exact) mass is 281 g/mol. The van der Waals surface area contributed by atoms with Crippen LogP contribution in [0.5, 0.6) is 0 Å². The summed E-state index contributed by atoms with van der Waals surface area (Å²) < 4.78 is 19.4. The maximum absolute atomic E-state index is 13.9. The Hall–Kier alpha value is -1.66. The molecule has 6 heteroatoms. The van der Waals surface area contributed by atoms with Crippen molar-refractivity contribution in [3.05, 3.63) is 24.0 Å². The summed E-state index contributed by atoms with van der Waals surface area (Å²) in [5.74, 6) is -0.755. The molecule has 1 fully saturated rings. The van der Waals surface area contributed by atoms with Crippen LogP contribution in [0.3, 0.4) is 0 Å². The maximum atomic E-state index is 13.9. The summed E-state index contributed by atoms with van der Waals surface area (Å²) in [6, 6.07) is 3.89. The SMILES string of the molecule is C[C@@H](N)C(=O)Nc1ccc(NCC2CCCO2)c(F)c1. The van der Waals surface area contributed by atoms with Gasteiger partial charge in [0.25, 0.3) is 0 Å². The van der Waals surface area contributed by atoms with E-state index in [0.29, 0.717) is 17.9 Å². The van der Waals surface area contributed by atoms with Gasteiger partial charge in [0.05, 0.1) is 17.8 Å². The summed E-state index contributed by atoms with van der Waals surface area (Å²) in [7, 11) is 0. The highest BCUT2D eigenvalue weighted by atomic mass is 19.1. The molecule has 1 aliphatic heterocycles. The van der Waals surface area contributed by atoms with Crippen LogP contribution < -0.4 is 16.4 Å². The molecule has 110 valence electrons. The fourth-order valence-electron chi connectivity index (χ4n) is 2.02. The van der Waals surface area contributed by atoms with E-state index in [2.05, 4.69) is 10.6 Å². The number of amides is 1. The number of rotatable bonds is 5. The first-order chi connectivity index (χ1) is 9.56. The molecule has 0 radical (unpaired) electrons. The summed E-state index contributed by atoms with van der Waals surface area (Å²) in [4.78, 5) is 11.4. The van der Waals surface area contributed by atoms with E-state index in [1.54, 1.807) is 19.1 Å². The predicted octanol–water partition coefficient (Wildman–Crippen LogP) is 1.70. The Balaban J connectivity index is 1.93. The third-order valence-corrected chi connectivity index (χ3v) is 3.19. The number of hydrogen-bond acceptors (Lipinski definition) is 4. The Morgan fingerprint density at radius 3 is 3.00 bits per heavy atom. The van der Waals surface area contributed by atoms with E-state index in [-0.39, 0.29) is 12.0 Å². The summed E-state index contributed by atoms with van der Waals surface area (Å²) in [6.07, 6.45) is 2.20. The second-order valence-corrected chi connectivity index (χ2v) is 4.99. The summed E-state index contributed by atoms with van der Waals surface area (Å²) in [5, 5.41) is 5.57. The molecule has 5 nitrogen and oxygen atoms in total. The number of hydrogen-bond donors (Lipinski definition) is 3. The fourth-order valence-corrected chi connectivity index (χ4v) is 2.02. The van der Waals surface area contributed by atoms with Gasteiger partial charge in [-0.3, -0.25) is 4.79 Å². The number of anilines is 2. The van der Waals surface area contributed by atoms with Crippen LogP contribution in [0.15, 0.2) is 18.2 Å². The van der Waals surface area contributed by atoms with E-state index < -0.39 is 11.9 Å². The van der Waals surface area contributed by atoms with Crippen LogP contribution >= 0.6 is 0 Å². The highest BCUT2D eigenvalue weighted by Gasteiger charge is 2.16. The van der Waals surface area contributed by atoms with Crippen LogP contribution in [0, 0.1) is 5.82 Å². The van der Waals surface area contributed by atoms with Crippen molar-refractivity contribution in [2.24, 2.45) is 5.73 Å². The quantitative estimate of drug-likeness (QED) is 0.768. The van der Waals surface area contributed by atoms with Gasteiger partial charge in [-0.25, -0.2) is 4.39 Å². The van der Waals surface area contributed by atoms with Crippen molar-refractivity contribution in [1.29, 1.82) is 0 Å². The lowest BCUT2D eigenvalue weighted by molar-refractivity contribution is -0.117. The van der Waals surface area contributed by atoms with Gasteiger partial charge in [-0.05, 0) is 38.0 Å². The number of carbonyl (C=O) groups is 1. The molecule has 1 aliphatic rings. The molecule has 4 N–H and O–H groups in total. The number of carbonyl (C=O) groups excluding carboxylic acids is 1. The van der Waals surface area contributed by atoms with Gasteiger partial charge < -0.3 is 21.1 Å². The van der Waals surface area contributed by atoms with Gasteiger partial charge in [0.1, 0.15) is 5.82 Å². The Labute approximate surface area is 117 Å². The Morgan fingerprint density at radius 2 is 2.40 bits per heavy atom. The van der Waals surface area contributed by atoms with Gasteiger partial charge in [-0.15, -0.1) is 0 Å². The number of nitrogens with one attached hydrogen (secondary N) is 2. The summed E-state index contributed by atoms with van der Waals surface area (Å²) in [5.41, 5.74) is 6.24. The molecule has 2 atom stereocenters. The molecule has 0 spiro atoms. The average Bonchev–Trinajstić information content (AvgIpc) is 2.90. The standard InChI is InChI=1S/C14H20FN3O2/c1-9(16)14(19)18-10-4-5-13(12(15)7-10)17-8-11-3-2-6-20-11/h4-5,7,9,11,17H,2-3,6,8,16H2,1H3,(H,18,19)/t9-,11?/m1/s1. The lowest BCUT2D eigenvalue weighted by Crippen LogP contribution is -2.32. The first-order valence-corrected chi connectivity index (χ1v) is 6.77. The van der Waals surface area contributed by atoms with Crippen molar-refractivity contribution in [3.8, 4) is 0 Å². The van der Waals surface area contributed by atoms with E-state index in [1.165, 1.54) is 6.07 Å². The van der Waals surface area contributed by atoms with Gasteiger partial charge in [-0.1, -0.05) is 0 Å². The molecule has 1 amide bonds. The summed E-state index contributed by atoms with van der Waals surface area (Å²) >= 11 is 0. The van der Waals surface area contributed by atoms with E-state index in [9.17, 15) is 9.18 Å². The van der Waals surface area contributed by atoms with Gasteiger partial charge in [0.15, 0.2) is 0 Å². The Morgan fingerprint density at radius 1 is 1.60 bits per heavy atom. The second-order valence-electron chi connectivity index (χ2n) is 4.99. The molecule has 1 heterocycles. The lowest BCUT2D eigenvalue weighted by Gasteiger charge is -2.14. The minimum absolute atomic E-state index is 0.145. The largest absolute Gasteiger partial charge is 0.380 e. The molecule has 20 heavy (non-hydrogen) atoms. The average molecular weight is 281 g/mol. The van der Waals surface area contributed by atoms with Gasteiger partial charge in [0.2, 0.25) is 5.91 Å². The van der Waals surface area contributed by atoms with Crippen LogP contribution in [0.1, 0.15) is 19.8 Å². The molecule has 2 rings (SSSR count). The number of ether oxygens (including phenoxy) is 1. The molecular weight excluding hydrogens is 261 g/mol.